The highest BCUT2D eigenvalue weighted by Gasteiger charge is 2.25. The lowest BCUT2D eigenvalue weighted by Gasteiger charge is -2.32. The molecule has 0 aromatic heterocycles. The summed E-state index contributed by atoms with van der Waals surface area (Å²) >= 11 is 6.03. The molecule has 0 N–H and O–H groups in total. The van der Waals surface area contributed by atoms with Crippen LogP contribution in [0.1, 0.15) is 18.4 Å². The number of nitrogens with zero attached hydrogens (tertiary/aromatic N) is 2. The van der Waals surface area contributed by atoms with Gasteiger partial charge in [0.05, 0.1) is 23.6 Å². The Hall–Kier alpha value is -1.73. The van der Waals surface area contributed by atoms with Gasteiger partial charge in [0.1, 0.15) is 6.07 Å². The lowest BCUT2D eigenvalue weighted by molar-refractivity contribution is -0.146. The van der Waals surface area contributed by atoms with E-state index in [1.807, 2.05) is 12.1 Å². The third-order valence-corrected chi connectivity index (χ3v) is 3.78. The highest BCUT2D eigenvalue weighted by atomic mass is 35.5. The number of rotatable bonds is 2. The van der Waals surface area contributed by atoms with Crippen LogP contribution in [0.25, 0.3) is 0 Å². The van der Waals surface area contributed by atoms with Gasteiger partial charge in [0, 0.05) is 18.8 Å². The fourth-order valence-corrected chi connectivity index (χ4v) is 2.55. The van der Waals surface area contributed by atoms with Crippen molar-refractivity contribution < 1.29 is 9.53 Å². The summed E-state index contributed by atoms with van der Waals surface area (Å²) in [4.78, 5) is 13.6. The molecule has 4 nitrogen and oxygen atoms in total. The van der Waals surface area contributed by atoms with Crippen LogP contribution in [0.4, 0.5) is 5.69 Å². The van der Waals surface area contributed by atoms with E-state index in [-0.39, 0.29) is 11.9 Å². The SMILES string of the molecule is COC(=O)C1CCN(c2ccc(C#N)c(Cl)c2)CC1. The number of methoxy groups -OCH3 is 1. The fourth-order valence-electron chi connectivity index (χ4n) is 2.33. The normalized spacial score (nSPS) is 15.9. The first-order chi connectivity index (χ1) is 9.15. The Kier molecular flexibility index (Phi) is 4.28. The summed E-state index contributed by atoms with van der Waals surface area (Å²) in [6, 6.07) is 7.47. The molecule has 0 saturated carbocycles. The number of anilines is 1. The van der Waals surface area contributed by atoms with Gasteiger partial charge in [0.2, 0.25) is 0 Å². The van der Waals surface area contributed by atoms with Gasteiger partial charge in [-0.15, -0.1) is 0 Å². The molecule has 5 heteroatoms. The molecule has 1 heterocycles. The highest BCUT2D eigenvalue weighted by molar-refractivity contribution is 6.32. The van der Waals surface area contributed by atoms with Crippen molar-refractivity contribution in [3.05, 3.63) is 28.8 Å². The van der Waals surface area contributed by atoms with Gasteiger partial charge in [-0.2, -0.15) is 5.26 Å². The molecule has 0 spiro atoms. The van der Waals surface area contributed by atoms with E-state index in [4.69, 9.17) is 21.6 Å². The fraction of sp³-hybridized carbons (Fsp3) is 0.429. The van der Waals surface area contributed by atoms with Crippen molar-refractivity contribution in [2.24, 2.45) is 5.92 Å². The summed E-state index contributed by atoms with van der Waals surface area (Å²) in [5.74, 6) is -0.132. The predicted octanol–water partition coefficient (Wildman–Crippen LogP) is 2.60. The molecule has 1 aromatic rings. The average Bonchev–Trinajstić information content (AvgIpc) is 2.46. The lowest BCUT2D eigenvalue weighted by Crippen LogP contribution is -2.36. The molecule has 0 aliphatic carbocycles. The van der Waals surface area contributed by atoms with Crippen molar-refractivity contribution in [1.29, 1.82) is 5.26 Å². The zero-order chi connectivity index (χ0) is 13.8. The Balaban J connectivity index is 2.04. The quantitative estimate of drug-likeness (QED) is 0.780. The van der Waals surface area contributed by atoms with Gasteiger partial charge in [-0.1, -0.05) is 11.6 Å². The van der Waals surface area contributed by atoms with E-state index in [0.717, 1.165) is 31.6 Å². The Morgan fingerprint density at radius 2 is 2.16 bits per heavy atom. The number of hydrogen-bond acceptors (Lipinski definition) is 4. The maximum Gasteiger partial charge on any atom is 0.308 e. The molecule has 0 atom stereocenters. The summed E-state index contributed by atoms with van der Waals surface area (Å²) < 4.78 is 4.77. The van der Waals surface area contributed by atoms with Gasteiger partial charge < -0.3 is 9.64 Å². The van der Waals surface area contributed by atoms with Crippen LogP contribution >= 0.6 is 11.6 Å². The third kappa shape index (κ3) is 2.99. The number of hydrogen-bond donors (Lipinski definition) is 0. The Labute approximate surface area is 117 Å². The molecule has 1 aromatic carbocycles. The minimum absolute atomic E-state index is 0.00453. The first kappa shape index (κ1) is 13.7. The molecular weight excluding hydrogens is 264 g/mol. The first-order valence-electron chi connectivity index (χ1n) is 6.18. The average molecular weight is 279 g/mol. The second-order valence-electron chi connectivity index (χ2n) is 4.56. The third-order valence-electron chi connectivity index (χ3n) is 3.47. The van der Waals surface area contributed by atoms with Crippen LogP contribution in [-0.2, 0) is 9.53 Å². The summed E-state index contributed by atoms with van der Waals surface area (Å²) in [5.41, 5.74) is 1.47. The van der Waals surface area contributed by atoms with Crippen molar-refractivity contribution in [1.82, 2.24) is 0 Å². The number of piperidine rings is 1. The van der Waals surface area contributed by atoms with Crippen LogP contribution in [0.3, 0.4) is 0 Å². The minimum Gasteiger partial charge on any atom is -0.469 e. The van der Waals surface area contributed by atoms with Crippen molar-refractivity contribution in [3.63, 3.8) is 0 Å². The number of esters is 1. The van der Waals surface area contributed by atoms with E-state index in [1.165, 1.54) is 7.11 Å². The van der Waals surface area contributed by atoms with Gasteiger partial charge in [0.25, 0.3) is 0 Å². The van der Waals surface area contributed by atoms with Gasteiger partial charge in [-0.3, -0.25) is 4.79 Å². The molecule has 1 fully saturated rings. The number of nitriles is 1. The van der Waals surface area contributed by atoms with Crippen molar-refractivity contribution >= 4 is 23.3 Å². The molecule has 19 heavy (non-hydrogen) atoms. The number of carbonyl (C=O) groups is 1. The molecule has 0 bridgehead atoms. The van der Waals surface area contributed by atoms with E-state index in [0.29, 0.717) is 10.6 Å². The summed E-state index contributed by atoms with van der Waals surface area (Å²) in [5, 5.41) is 9.31. The number of benzene rings is 1. The molecule has 2 rings (SSSR count). The molecular formula is C14H15ClN2O2. The van der Waals surface area contributed by atoms with Crippen LogP contribution in [0, 0.1) is 17.2 Å². The molecule has 0 amide bonds. The lowest BCUT2D eigenvalue weighted by atomic mass is 9.96. The van der Waals surface area contributed by atoms with E-state index in [2.05, 4.69) is 4.90 Å². The van der Waals surface area contributed by atoms with E-state index < -0.39 is 0 Å². The van der Waals surface area contributed by atoms with Crippen LogP contribution in [0.5, 0.6) is 0 Å². The number of carbonyl (C=O) groups excluding carboxylic acids is 1. The van der Waals surface area contributed by atoms with Crippen molar-refractivity contribution in [2.45, 2.75) is 12.8 Å². The number of halogens is 1. The highest BCUT2D eigenvalue weighted by Crippen LogP contribution is 2.27. The van der Waals surface area contributed by atoms with E-state index in [9.17, 15) is 4.79 Å². The van der Waals surface area contributed by atoms with Gasteiger partial charge in [-0.25, -0.2) is 0 Å². The molecule has 1 aliphatic rings. The molecule has 0 radical (unpaired) electrons. The van der Waals surface area contributed by atoms with Crippen molar-refractivity contribution in [3.8, 4) is 6.07 Å². The minimum atomic E-state index is -0.127. The van der Waals surface area contributed by atoms with Crippen LogP contribution in [0.2, 0.25) is 5.02 Å². The Morgan fingerprint density at radius 3 is 2.68 bits per heavy atom. The van der Waals surface area contributed by atoms with Crippen LogP contribution < -0.4 is 4.90 Å². The summed E-state index contributed by atoms with van der Waals surface area (Å²) in [7, 11) is 1.43. The summed E-state index contributed by atoms with van der Waals surface area (Å²) in [6.45, 7) is 1.59. The predicted molar refractivity (Wildman–Crippen MR) is 73.1 cm³/mol. The Bertz CT molecular complexity index is 517. The molecule has 1 aliphatic heterocycles. The smallest absolute Gasteiger partial charge is 0.308 e. The Morgan fingerprint density at radius 1 is 1.47 bits per heavy atom. The van der Waals surface area contributed by atoms with Gasteiger partial charge in [0.15, 0.2) is 0 Å². The standard InChI is InChI=1S/C14H15ClN2O2/c1-19-14(18)10-4-6-17(7-5-10)12-3-2-11(9-16)13(15)8-12/h2-3,8,10H,4-7H2,1H3. The van der Waals surface area contributed by atoms with Crippen LogP contribution in [0.15, 0.2) is 18.2 Å². The molecule has 0 unspecified atom stereocenters. The first-order valence-corrected chi connectivity index (χ1v) is 6.56. The summed E-state index contributed by atoms with van der Waals surface area (Å²) in [6.07, 6.45) is 1.56. The monoisotopic (exact) mass is 278 g/mol. The maximum atomic E-state index is 11.4. The molecule has 100 valence electrons. The zero-order valence-electron chi connectivity index (χ0n) is 10.7. The second kappa shape index (κ2) is 5.94. The second-order valence-corrected chi connectivity index (χ2v) is 4.97. The topological polar surface area (TPSA) is 53.3 Å². The van der Waals surface area contributed by atoms with E-state index in [1.54, 1.807) is 12.1 Å². The van der Waals surface area contributed by atoms with Crippen LogP contribution in [-0.4, -0.2) is 26.2 Å². The zero-order valence-corrected chi connectivity index (χ0v) is 11.5. The number of ether oxygens (including phenoxy) is 1. The molecule has 1 saturated heterocycles. The van der Waals surface area contributed by atoms with E-state index >= 15 is 0 Å². The van der Waals surface area contributed by atoms with Crippen molar-refractivity contribution in [2.75, 3.05) is 25.1 Å². The van der Waals surface area contributed by atoms with Gasteiger partial charge in [-0.05, 0) is 31.0 Å². The van der Waals surface area contributed by atoms with Gasteiger partial charge >= 0.3 is 5.97 Å². The largest absolute Gasteiger partial charge is 0.469 e. The maximum absolute atomic E-state index is 11.4.